The molecule has 0 bridgehead atoms. The van der Waals surface area contributed by atoms with E-state index in [1.54, 1.807) is 7.05 Å². The molecule has 0 aliphatic heterocycles. The Balaban J connectivity index is 2.13. The van der Waals surface area contributed by atoms with Crippen LogP contribution >= 0.6 is 0 Å². The fraction of sp³-hybridized carbons (Fsp3) is 0.704. The molecule has 0 saturated heterocycles. The Kier molecular flexibility index (Phi) is 15.6. The third kappa shape index (κ3) is 12.1. The Morgan fingerprint density at radius 3 is 1.65 bits per heavy atom. The van der Waals surface area contributed by atoms with Crippen LogP contribution in [0, 0.1) is 10.1 Å². The highest BCUT2D eigenvalue weighted by atomic mass is 16.6. The van der Waals surface area contributed by atoms with E-state index in [0.29, 0.717) is 6.54 Å². The summed E-state index contributed by atoms with van der Waals surface area (Å²) in [7, 11) is 1.61. The molecule has 0 radical (unpaired) electrons. The first-order chi connectivity index (χ1) is 16.4. The van der Waals surface area contributed by atoms with Crippen molar-refractivity contribution in [2.75, 3.05) is 13.6 Å². The van der Waals surface area contributed by atoms with Gasteiger partial charge < -0.3 is 10.0 Å². The molecule has 0 aromatic heterocycles. The van der Waals surface area contributed by atoms with Crippen molar-refractivity contribution in [2.45, 2.75) is 110 Å². The Bertz CT molecular complexity index is 751. The summed E-state index contributed by atoms with van der Waals surface area (Å²) in [5, 5.41) is 20.3. The minimum atomic E-state index is -1.27. The van der Waals surface area contributed by atoms with Crippen LogP contribution in [0.4, 0.5) is 5.69 Å². The topological polar surface area (TPSA) is 101 Å². The van der Waals surface area contributed by atoms with Gasteiger partial charge in [0.1, 0.15) is 0 Å². The number of carbonyl (C=O) groups is 2. The number of rotatable bonds is 20. The highest BCUT2D eigenvalue weighted by molar-refractivity contribution is 6.05. The third-order valence-electron chi connectivity index (χ3n) is 6.37. The van der Waals surface area contributed by atoms with Crippen molar-refractivity contribution >= 4 is 17.6 Å². The van der Waals surface area contributed by atoms with E-state index in [1.165, 1.54) is 88.4 Å². The van der Waals surface area contributed by atoms with Crippen molar-refractivity contribution in [3.8, 4) is 0 Å². The summed E-state index contributed by atoms with van der Waals surface area (Å²) in [4.78, 5) is 35.9. The van der Waals surface area contributed by atoms with Crippen LogP contribution in [-0.4, -0.2) is 40.4 Å². The molecule has 1 aromatic rings. The molecule has 1 N–H and O–H groups in total. The van der Waals surface area contributed by atoms with Gasteiger partial charge >= 0.3 is 5.97 Å². The molecule has 192 valence electrons. The summed E-state index contributed by atoms with van der Waals surface area (Å²) in [6, 6.07) is 3.28. The van der Waals surface area contributed by atoms with E-state index in [-0.39, 0.29) is 16.8 Å². The lowest BCUT2D eigenvalue weighted by atomic mass is 10.0. The number of hydrogen-bond acceptors (Lipinski definition) is 4. The second kappa shape index (κ2) is 18.0. The van der Waals surface area contributed by atoms with Crippen molar-refractivity contribution in [3.05, 3.63) is 39.4 Å². The number of non-ortho nitro benzene ring substituents is 1. The lowest BCUT2D eigenvalue weighted by Gasteiger charge is -2.18. The highest BCUT2D eigenvalue weighted by Crippen LogP contribution is 2.20. The van der Waals surface area contributed by atoms with E-state index in [9.17, 15) is 24.8 Å². The molecule has 1 aromatic carbocycles. The van der Waals surface area contributed by atoms with Gasteiger partial charge in [0, 0.05) is 25.7 Å². The van der Waals surface area contributed by atoms with E-state index in [4.69, 9.17) is 0 Å². The van der Waals surface area contributed by atoms with E-state index in [0.717, 1.165) is 37.5 Å². The number of benzene rings is 1. The smallest absolute Gasteiger partial charge is 0.336 e. The summed E-state index contributed by atoms with van der Waals surface area (Å²) in [6.07, 6.45) is 20.4. The van der Waals surface area contributed by atoms with Gasteiger partial charge in [-0.1, -0.05) is 103 Å². The number of aromatic carboxylic acids is 1. The van der Waals surface area contributed by atoms with Crippen molar-refractivity contribution in [1.29, 1.82) is 0 Å². The van der Waals surface area contributed by atoms with E-state index < -0.39 is 16.8 Å². The van der Waals surface area contributed by atoms with E-state index >= 15 is 0 Å². The van der Waals surface area contributed by atoms with Gasteiger partial charge in [0.15, 0.2) is 0 Å². The minimum absolute atomic E-state index is 0.138. The molecule has 7 nitrogen and oxygen atoms in total. The van der Waals surface area contributed by atoms with Crippen LogP contribution in [0.2, 0.25) is 0 Å². The largest absolute Gasteiger partial charge is 0.478 e. The molecular formula is C27H44N2O5. The Labute approximate surface area is 205 Å². The molecule has 7 heteroatoms. The van der Waals surface area contributed by atoms with Crippen molar-refractivity contribution < 1.29 is 19.6 Å². The summed E-state index contributed by atoms with van der Waals surface area (Å²) in [5.74, 6) is -1.77. The molecule has 0 aliphatic carbocycles. The molecule has 0 saturated carbocycles. The Hall–Kier alpha value is -2.44. The van der Waals surface area contributed by atoms with Crippen LogP contribution in [0.3, 0.4) is 0 Å². The first kappa shape index (κ1) is 29.6. The number of carboxylic acid groups (broad SMARTS) is 1. The number of hydrogen-bond donors (Lipinski definition) is 1. The summed E-state index contributed by atoms with van der Waals surface area (Å²) in [6.45, 7) is 2.76. The summed E-state index contributed by atoms with van der Waals surface area (Å²) < 4.78 is 0. The van der Waals surface area contributed by atoms with Crippen molar-refractivity contribution in [2.24, 2.45) is 0 Å². The van der Waals surface area contributed by atoms with Gasteiger partial charge in [-0.3, -0.25) is 14.9 Å². The fourth-order valence-electron chi connectivity index (χ4n) is 4.21. The molecule has 0 spiro atoms. The Morgan fingerprint density at radius 1 is 0.794 bits per heavy atom. The maximum atomic E-state index is 12.7. The standard InChI is InChI=1S/C27H44N2O5/c1-3-4-5-6-7-8-9-10-11-12-13-14-15-16-17-18-21-28(2)26(30)25-22-23(29(33)34)19-20-24(25)27(31)32/h19-20,22H,3-18,21H2,1-2H3,(H,31,32). The van der Waals surface area contributed by atoms with Crippen molar-refractivity contribution in [1.82, 2.24) is 4.90 Å². The predicted octanol–water partition coefficient (Wildman–Crippen LogP) is 7.63. The van der Waals surface area contributed by atoms with Gasteiger partial charge in [-0.15, -0.1) is 0 Å². The molecule has 0 heterocycles. The van der Waals surface area contributed by atoms with Gasteiger partial charge in [-0.25, -0.2) is 4.79 Å². The molecule has 0 unspecified atom stereocenters. The first-order valence-corrected chi connectivity index (χ1v) is 13.2. The van der Waals surface area contributed by atoms with Gasteiger partial charge in [0.05, 0.1) is 16.1 Å². The molecule has 1 amide bonds. The molecule has 0 aliphatic rings. The number of nitro groups is 1. The van der Waals surface area contributed by atoms with E-state index in [1.807, 2.05) is 0 Å². The summed E-state index contributed by atoms with van der Waals surface area (Å²) in [5.41, 5.74) is -0.640. The van der Waals surface area contributed by atoms with Crippen LogP contribution < -0.4 is 0 Å². The van der Waals surface area contributed by atoms with Crippen LogP contribution in [0.25, 0.3) is 0 Å². The second-order valence-electron chi connectivity index (χ2n) is 9.32. The average Bonchev–Trinajstić information content (AvgIpc) is 2.82. The lowest BCUT2D eigenvalue weighted by molar-refractivity contribution is -0.384. The van der Waals surface area contributed by atoms with Gasteiger partial charge in [0.2, 0.25) is 0 Å². The number of nitrogens with zero attached hydrogens (tertiary/aromatic N) is 2. The molecule has 0 atom stereocenters. The maximum absolute atomic E-state index is 12.7. The average molecular weight is 477 g/mol. The van der Waals surface area contributed by atoms with Gasteiger partial charge in [0.25, 0.3) is 11.6 Å². The lowest BCUT2D eigenvalue weighted by Crippen LogP contribution is -2.29. The van der Waals surface area contributed by atoms with Gasteiger partial charge in [-0.05, 0) is 12.5 Å². The van der Waals surface area contributed by atoms with Crippen LogP contribution in [-0.2, 0) is 0 Å². The first-order valence-electron chi connectivity index (χ1n) is 13.2. The van der Waals surface area contributed by atoms with Crippen LogP contribution in [0.5, 0.6) is 0 Å². The molecule has 34 heavy (non-hydrogen) atoms. The van der Waals surface area contributed by atoms with Crippen LogP contribution in [0.15, 0.2) is 18.2 Å². The Morgan fingerprint density at radius 2 is 1.24 bits per heavy atom. The van der Waals surface area contributed by atoms with Gasteiger partial charge in [-0.2, -0.15) is 0 Å². The number of nitro benzene ring substituents is 1. The van der Waals surface area contributed by atoms with Crippen LogP contribution in [0.1, 0.15) is 130 Å². The minimum Gasteiger partial charge on any atom is -0.478 e. The zero-order valence-electron chi connectivity index (χ0n) is 21.2. The highest BCUT2D eigenvalue weighted by Gasteiger charge is 2.22. The SMILES string of the molecule is CCCCCCCCCCCCCCCCCCN(C)C(=O)c1cc([N+](=O)[O-])ccc1C(=O)O. The third-order valence-corrected chi connectivity index (χ3v) is 6.37. The quantitative estimate of drug-likeness (QED) is 0.118. The number of carbonyl (C=O) groups excluding carboxylic acids is 1. The van der Waals surface area contributed by atoms with E-state index in [2.05, 4.69) is 6.92 Å². The monoisotopic (exact) mass is 476 g/mol. The number of unbranched alkanes of at least 4 members (excludes halogenated alkanes) is 15. The molecular weight excluding hydrogens is 432 g/mol. The molecule has 0 fully saturated rings. The summed E-state index contributed by atoms with van der Waals surface area (Å²) >= 11 is 0. The zero-order valence-corrected chi connectivity index (χ0v) is 21.2. The number of carboxylic acids is 1. The fourth-order valence-corrected chi connectivity index (χ4v) is 4.21. The maximum Gasteiger partial charge on any atom is 0.336 e. The van der Waals surface area contributed by atoms with Crippen molar-refractivity contribution in [3.63, 3.8) is 0 Å². The normalized spacial score (nSPS) is 10.9. The number of amides is 1. The zero-order chi connectivity index (χ0) is 25.2. The molecule has 1 rings (SSSR count). The predicted molar refractivity (Wildman–Crippen MR) is 137 cm³/mol. The second-order valence-corrected chi connectivity index (χ2v) is 9.32.